The van der Waals surface area contributed by atoms with E-state index in [1.54, 1.807) is 14.2 Å². The predicted molar refractivity (Wildman–Crippen MR) is 398 cm³/mol. The van der Waals surface area contributed by atoms with Crippen molar-refractivity contribution in [1.29, 1.82) is 0 Å². The molecule has 1 fully saturated rings. The molecule has 1 aromatic heterocycles. The highest BCUT2D eigenvalue weighted by atomic mass is 16.7. The number of hydrogen-bond donors (Lipinski definition) is 0. The van der Waals surface area contributed by atoms with E-state index in [-0.39, 0.29) is 19.8 Å². The van der Waals surface area contributed by atoms with Gasteiger partial charge >= 0.3 is 0 Å². The SMILES string of the molecule is CCCCCCCCCCCCCCCCc1cn([C@@H](CO[C@H]2O[C@H](COCc3ccccc3)[C@H](OCc3ccccc3)[C@H](OCc3ccccc3)[C@H]2OCc2ccccc2)[C@H](OCc2ccc(OC)cc2)[C@@H](CCCCCCCCCCCCCC)OCc2ccc(OC)cc2)nn1. The van der Waals surface area contributed by atoms with E-state index in [0.717, 1.165) is 89.1 Å². The lowest BCUT2D eigenvalue weighted by atomic mass is 9.97. The zero-order valence-electron chi connectivity index (χ0n) is 60.7. The second-order valence-corrected chi connectivity index (χ2v) is 27.3. The molecule has 0 N–H and O–H groups in total. The minimum atomic E-state index is -0.991. The lowest BCUT2D eigenvalue weighted by Gasteiger charge is -2.46. The number of rotatable bonds is 55. The maximum absolute atomic E-state index is 7.51. The zero-order valence-corrected chi connectivity index (χ0v) is 60.7. The number of unbranched alkanes of at least 4 members (excludes halogenated alkanes) is 24. The van der Waals surface area contributed by atoms with Gasteiger partial charge in [-0.25, -0.2) is 4.68 Å². The van der Waals surface area contributed by atoms with Crippen LogP contribution < -0.4 is 9.47 Å². The second-order valence-electron chi connectivity index (χ2n) is 27.3. The molecule has 1 aliphatic heterocycles. The number of benzene rings is 6. The van der Waals surface area contributed by atoms with E-state index in [2.05, 4.69) is 92.8 Å². The Morgan fingerprint density at radius 2 is 0.788 bits per heavy atom. The second kappa shape index (κ2) is 48.5. The Morgan fingerprint density at radius 1 is 0.394 bits per heavy atom. The summed E-state index contributed by atoms with van der Waals surface area (Å²) in [6, 6.07) is 56.7. The number of aromatic nitrogens is 3. The fourth-order valence-electron chi connectivity index (χ4n) is 13.3. The first kappa shape index (κ1) is 78.5. The van der Waals surface area contributed by atoms with Crippen LogP contribution in [0.2, 0.25) is 0 Å². The molecule has 99 heavy (non-hydrogen) atoms. The van der Waals surface area contributed by atoms with Crippen LogP contribution in [0.4, 0.5) is 0 Å². The average molecular weight is 1360 g/mol. The van der Waals surface area contributed by atoms with E-state index in [4.69, 9.17) is 57.7 Å². The Bertz CT molecular complexity index is 3070. The van der Waals surface area contributed by atoms with Crippen LogP contribution in [0.3, 0.4) is 0 Å². The van der Waals surface area contributed by atoms with Crippen LogP contribution >= 0.6 is 0 Å². The normalized spacial score (nSPS) is 17.2. The smallest absolute Gasteiger partial charge is 0.187 e. The number of ether oxygens (including phenoxy) is 10. The van der Waals surface area contributed by atoms with Crippen molar-refractivity contribution in [3.05, 3.63) is 215 Å². The Morgan fingerprint density at radius 3 is 1.24 bits per heavy atom. The third kappa shape index (κ3) is 30.1. The van der Waals surface area contributed by atoms with Crippen LogP contribution in [-0.4, -0.2) is 85.3 Å². The van der Waals surface area contributed by atoms with Gasteiger partial charge in [-0.2, -0.15) is 0 Å². The molecule has 0 saturated carbocycles. The first-order valence-corrected chi connectivity index (χ1v) is 38.2. The van der Waals surface area contributed by atoms with Crippen molar-refractivity contribution in [3.8, 4) is 11.5 Å². The Kier molecular flexibility index (Phi) is 38.5. The summed E-state index contributed by atoms with van der Waals surface area (Å²) in [5.74, 6) is 1.57. The van der Waals surface area contributed by atoms with Crippen LogP contribution in [0.15, 0.2) is 176 Å². The number of hydrogen-bond acceptors (Lipinski definition) is 12. The highest BCUT2D eigenvalue weighted by molar-refractivity contribution is 5.28. The van der Waals surface area contributed by atoms with Gasteiger partial charge in [0.2, 0.25) is 0 Å². The summed E-state index contributed by atoms with van der Waals surface area (Å²) in [5.41, 5.74) is 7.07. The molecule has 8 atom stereocenters. The summed E-state index contributed by atoms with van der Waals surface area (Å²) in [4.78, 5) is 0. The van der Waals surface area contributed by atoms with E-state index in [1.165, 1.54) is 141 Å². The largest absolute Gasteiger partial charge is 0.497 e. The van der Waals surface area contributed by atoms with Gasteiger partial charge in [-0.15, -0.1) is 5.10 Å². The molecule has 7 aromatic rings. The molecule has 540 valence electrons. The van der Waals surface area contributed by atoms with E-state index in [1.807, 2.05) is 102 Å². The summed E-state index contributed by atoms with van der Waals surface area (Å²) >= 11 is 0. The Labute approximate surface area is 595 Å². The summed E-state index contributed by atoms with van der Waals surface area (Å²) < 4.78 is 71.1. The lowest BCUT2D eigenvalue weighted by molar-refractivity contribution is -0.331. The van der Waals surface area contributed by atoms with Gasteiger partial charge in [0.15, 0.2) is 6.29 Å². The summed E-state index contributed by atoms with van der Waals surface area (Å²) in [6.45, 7) is 6.77. The van der Waals surface area contributed by atoms with Crippen LogP contribution in [0.25, 0.3) is 0 Å². The van der Waals surface area contributed by atoms with Gasteiger partial charge in [-0.3, -0.25) is 0 Å². The van der Waals surface area contributed by atoms with E-state index >= 15 is 0 Å². The first-order valence-electron chi connectivity index (χ1n) is 38.2. The van der Waals surface area contributed by atoms with Gasteiger partial charge in [-0.1, -0.05) is 325 Å². The van der Waals surface area contributed by atoms with Gasteiger partial charge in [-0.05, 0) is 76.9 Å². The minimum Gasteiger partial charge on any atom is -0.497 e. The van der Waals surface area contributed by atoms with Crippen LogP contribution in [0, 0.1) is 0 Å². The fraction of sp³-hybridized carbons (Fsp3) is 0.558. The van der Waals surface area contributed by atoms with E-state index < -0.39 is 49.0 Å². The predicted octanol–water partition coefficient (Wildman–Crippen LogP) is 20.8. The molecule has 1 aliphatic rings. The molecule has 6 aromatic carbocycles. The van der Waals surface area contributed by atoms with Crippen molar-refractivity contribution in [2.75, 3.05) is 27.4 Å². The standard InChI is InChI=1S/C86H121N3O10/c1-5-7-9-11-13-15-17-19-20-21-23-25-27-41-51-76-61-89(88-87-76)79(82(94-67-75-55-59-78(91-4)60-56-75)80(93-63-74-53-57-77(90-3)58-54-74)52-42-28-26-24-22-18-16-14-12-10-8-6-2)68-98-86-85(97-66-73-49-39-32-40-50-73)84(96-65-72-47-37-31-38-48-72)83(95-64-71-45-35-30-36-46-71)81(99-86)69-92-62-70-43-33-29-34-44-70/h29-40,43-50,53-61,79-86H,5-28,41-42,51-52,62-69H2,1-4H3/t79-,80+,81+,82-,83-,84-,85+,86-/m0/s1. The molecule has 0 aliphatic carbocycles. The monoisotopic (exact) mass is 1360 g/mol. The number of methoxy groups -OCH3 is 2. The average Bonchev–Trinajstić information content (AvgIpc) is 1.15. The van der Waals surface area contributed by atoms with Crippen molar-refractivity contribution in [2.24, 2.45) is 0 Å². The maximum Gasteiger partial charge on any atom is 0.187 e. The Hall–Kier alpha value is -6.26. The zero-order chi connectivity index (χ0) is 68.8. The van der Waals surface area contributed by atoms with Gasteiger partial charge in [0.1, 0.15) is 48.1 Å². The van der Waals surface area contributed by atoms with Gasteiger partial charge < -0.3 is 47.4 Å². The summed E-state index contributed by atoms with van der Waals surface area (Å²) in [5, 5.41) is 10.0. The summed E-state index contributed by atoms with van der Waals surface area (Å²) in [7, 11) is 3.39. The van der Waals surface area contributed by atoms with Crippen molar-refractivity contribution < 1.29 is 47.4 Å². The van der Waals surface area contributed by atoms with Gasteiger partial charge in [0, 0.05) is 6.20 Å². The Balaban J connectivity index is 1.12. The molecule has 0 amide bonds. The third-order valence-electron chi connectivity index (χ3n) is 19.3. The quantitative estimate of drug-likeness (QED) is 0.0337. The molecule has 0 radical (unpaired) electrons. The molecule has 13 nitrogen and oxygen atoms in total. The first-order chi connectivity index (χ1) is 49.0. The molecule has 8 rings (SSSR count). The summed E-state index contributed by atoms with van der Waals surface area (Å²) in [6.07, 6.45) is 32.1. The molecule has 0 unspecified atom stereocenters. The van der Waals surface area contributed by atoms with Crippen LogP contribution in [0.5, 0.6) is 11.5 Å². The van der Waals surface area contributed by atoms with Crippen LogP contribution in [-0.2, 0) is 84.0 Å². The molecular weight excluding hydrogens is 1230 g/mol. The topological polar surface area (TPSA) is 123 Å². The van der Waals surface area contributed by atoms with Gasteiger partial charge in [0.25, 0.3) is 0 Å². The van der Waals surface area contributed by atoms with Gasteiger partial charge in [0.05, 0.1) is 78.9 Å². The molecule has 1 saturated heterocycles. The van der Waals surface area contributed by atoms with E-state index in [9.17, 15) is 0 Å². The van der Waals surface area contributed by atoms with Crippen molar-refractivity contribution in [2.45, 2.75) is 282 Å². The van der Waals surface area contributed by atoms with Crippen LogP contribution in [0.1, 0.15) is 232 Å². The highest BCUT2D eigenvalue weighted by Crippen LogP contribution is 2.35. The molecule has 13 heteroatoms. The molecular formula is C86H121N3O10. The van der Waals surface area contributed by atoms with Crippen molar-refractivity contribution in [3.63, 3.8) is 0 Å². The molecule has 0 spiro atoms. The minimum absolute atomic E-state index is 0.0875. The highest BCUT2D eigenvalue weighted by Gasteiger charge is 2.50. The molecule has 0 bridgehead atoms. The lowest BCUT2D eigenvalue weighted by Crippen LogP contribution is -2.62. The number of nitrogens with zero attached hydrogens (tertiary/aromatic N) is 3. The maximum atomic E-state index is 7.51. The number of aryl methyl sites for hydroxylation is 1. The fourth-order valence-corrected chi connectivity index (χ4v) is 13.3. The molecule has 2 heterocycles. The van der Waals surface area contributed by atoms with E-state index in [0.29, 0.717) is 33.0 Å². The van der Waals surface area contributed by atoms with Crippen molar-refractivity contribution >= 4 is 0 Å². The third-order valence-corrected chi connectivity index (χ3v) is 19.3. The van der Waals surface area contributed by atoms with Crippen molar-refractivity contribution in [1.82, 2.24) is 15.0 Å².